The molecule has 194 valence electrons. The Labute approximate surface area is 216 Å². The number of nitrogens with one attached hydrogen (secondary N) is 2. The first-order valence-corrected chi connectivity index (χ1v) is 12.0. The van der Waals surface area contributed by atoms with Crippen LogP contribution in [0.1, 0.15) is 31.9 Å². The Morgan fingerprint density at radius 1 is 1.08 bits per heavy atom. The van der Waals surface area contributed by atoms with Crippen molar-refractivity contribution in [3.63, 3.8) is 0 Å². The van der Waals surface area contributed by atoms with Gasteiger partial charge in [-0.3, -0.25) is 9.59 Å². The van der Waals surface area contributed by atoms with Crippen LogP contribution >= 0.6 is 0 Å². The van der Waals surface area contributed by atoms with E-state index in [-0.39, 0.29) is 17.2 Å². The van der Waals surface area contributed by atoms with Crippen molar-refractivity contribution in [2.24, 2.45) is 5.41 Å². The molecule has 1 aliphatic rings. The van der Waals surface area contributed by atoms with Crippen molar-refractivity contribution in [3.8, 4) is 0 Å². The minimum Gasteiger partial charge on any atom is -0.385 e. The summed E-state index contributed by atoms with van der Waals surface area (Å²) in [6.45, 7) is 11.6. The largest absolute Gasteiger partial charge is 0.385 e. The fraction of sp³-hybridized carbons (Fsp3) is 0.333. The number of amides is 2. The van der Waals surface area contributed by atoms with Crippen LogP contribution in [0.2, 0.25) is 0 Å². The van der Waals surface area contributed by atoms with Crippen molar-refractivity contribution in [2.75, 3.05) is 27.4 Å². The summed E-state index contributed by atoms with van der Waals surface area (Å²) in [5.74, 6) is -0.327. The van der Waals surface area contributed by atoms with Gasteiger partial charge in [0, 0.05) is 50.5 Å². The second-order valence-corrected chi connectivity index (χ2v) is 8.37. The van der Waals surface area contributed by atoms with Crippen molar-refractivity contribution in [2.45, 2.75) is 33.9 Å². The standard InChI is InChI=1S/C27H32N2O3.C3H8O/c1-5-7-13-23(6-2)25(30)28-18-21-11-10-12-22(16-21)19-29-26(31)24-14-8-9-15-27(3,17-24)20-32-4;1-3-4-2/h5-17H,2,18-20H2,1,3-4H3,(H,28,30)(H,29,31);3H2,1-2H3/b7-5-,23-13+;. The molecule has 1 aromatic rings. The van der Waals surface area contributed by atoms with Crippen LogP contribution in [0.25, 0.3) is 0 Å². The van der Waals surface area contributed by atoms with Crippen LogP contribution in [-0.2, 0) is 32.2 Å². The third-order valence-electron chi connectivity index (χ3n) is 5.20. The second kappa shape index (κ2) is 17.0. The van der Waals surface area contributed by atoms with Gasteiger partial charge in [0.05, 0.1) is 6.61 Å². The molecule has 36 heavy (non-hydrogen) atoms. The van der Waals surface area contributed by atoms with Gasteiger partial charge >= 0.3 is 0 Å². The van der Waals surface area contributed by atoms with E-state index < -0.39 is 0 Å². The molecule has 0 aromatic heterocycles. The first-order valence-electron chi connectivity index (χ1n) is 12.0. The van der Waals surface area contributed by atoms with Crippen molar-refractivity contribution >= 4 is 11.8 Å². The van der Waals surface area contributed by atoms with Crippen LogP contribution in [0.3, 0.4) is 0 Å². The zero-order valence-corrected chi connectivity index (χ0v) is 22.2. The van der Waals surface area contributed by atoms with E-state index in [1.807, 2.05) is 75.4 Å². The third-order valence-corrected chi connectivity index (χ3v) is 5.20. The van der Waals surface area contributed by atoms with Gasteiger partial charge in [-0.2, -0.15) is 0 Å². The van der Waals surface area contributed by atoms with E-state index in [9.17, 15) is 9.59 Å². The van der Waals surface area contributed by atoms with Gasteiger partial charge in [0.15, 0.2) is 0 Å². The average molecular weight is 493 g/mol. The fourth-order valence-electron chi connectivity index (χ4n) is 3.28. The molecule has 0 bridgehead atoms. The van der Waals surface area contributed by atoms with E-state index in [1.165, 1.54) is 6.08 Å². The molecule has 2 N–H and O–H groups in total. The number of rotatable bonds is 11. The molecule has 0 saturated carbocycles. The van der Waals surface area contributed by atoms with Crippen LogP contribution < -0.4 is 10.6 Å². The smallest absolute Gasteiger partial charge is 0.251 e. The molecule has 0 fully saturated rings. The summed E-state index contributed by atoms with van der Waals surface area (Å²) in [6, 6.07) is 7.77. The molecule has 6 heteroatoms. The van der Waals surface area contributed by atoms with E-state index in [0.29, 0.717) is 30.8 Å². The van der Waals surface area contributed by atoms with Gasteiger partial charge in [-0.05, 0) is 37.1 Å². The first kappa shape index (κ1) is 30.6. The van der Waals surface area contributed by atoms with E-state index in [1.54, 1.807) is 32.4 Å². The van der Waals surface area contributed by atoms with Gasteiger partial charge < -0.3 is 20.1 Å². The number of carbonyl (C=O) groups is 2. The molecule has 1 aliphatic carbocycles. The molecule has 1 atom stereocenters. The highest BCUT2D eigenvalue weighted by molar-refractivity contribution is 5.97. The molecular formula is C30H40N2O4. The summed E-state index contributed by atoms with van der Waals surface area (Å²) in [6.07, 6.45) is 16.4. The Morgan fingerprint density at radius 3 is 2.33 bits per heavy atom. The Balaban J connectivity index is 0.00000150. The van der Waals surface area contributed by atoms with E-state index in [2.05, 4.69) is 21.9 Å². The van der Waals surface area contributed by atoms with Gasteiger partial charge in [-0.25, -0.2) is 0 Å². The molecule has 0 radical (unpaired) electrons. The lowest BCUT2D eigenvalue weighted by atomic mass is 9.89. The summed E-state index contributed by atoms with van der Waals surface area (Å²) < 4.78 is 9.84. The highest BCUT2D eigenvalue weighted by atomic mass is 16.5. The predicted octanol–water partition coefficient (Wildman–Crippen LogP) is 4.97. The van der Waals surface area contributed by atoms with Gasteiger partial charge in [-0.1, -0.05) is 80.3 Å². The van der Waals surface area contributed by atoms with Gasteiger partial charge in [-0.15, -0.1) is 0 Å². The topological polar surface area (TPSA) is 76.7 Å². The molecular weight excluding hydrogens is 452 g/mol. The van der Waals surface area contributed by atoms with Crippen molar-refractivity contribution in [3.05, 3.63) is 108 Å². The molecule has 1 unspecified atom stereocenters. The van der Waals surface area contributed by atoms with E-state index in [0.717, 1.165) is 17.7 Å². The minimum absolute atomic E-state index is 0.143. The van der Waals surface area contributed by atoms with Crippen molar-refractivity contribution < 1.29 is 19.1 Å². The number of carbonyl (C=O) groups excluding carboxylic acids is 2. The first-order chi connectivity index (χ1) is 17.3. The third kappa shape index (κ3) is 11.3. The maximum Gasteiger partial charge on any atom is 0.251 e. The Hall–Kier alpha value is -3.48. The van der Waals surface area contributed by atoms with E-state index >= 15 is 0 Å². The molecule has 1 aromatic carbocycles. The Morgan fingerprint density at radius 2 is 1.75 bits per heavy atom. The van der Waals surface area contributed by atoms with Crippen LogP contribution in [0.15, 0.2) is 96.7 Å². The number of hydrogen-bond acceptors (Lipinski definition) is 4. The van der Waals surface area contributed by atoms with Crippen molar-refractivity contribution in [1.29, 1.82) is 0 Å². The number of methoxy groups -OCH3 is 2. The van der Waals surface area contributed by atoms with Gasteiger partial charge in [0.2, 0.25) is 0 Å². The highest BCUT2D eigenvalue weighted by Crippen LogP contribution is 2.25. The maximum absolute atomic E-state index is 12.7. The normalized spacial score (nSPS) is 17.0. The Bertz CT molecular complexity index is 1020. The summed E-state index contributed by atoms with van der Waals surface area (Å²) in [5, 5.41) is 5.87. The van der Waals surface area contributed by atoms with Crippen LogP contribution in [-0.4, -0.2) is 39.2 Å². The van der Waals surface area contributed by atoms with Gasteiger partial charge in [0.1, 0.15) is 0 Å². The number of hydrogen-bond donors (Lipinski definition) is 2. The summed E-state index contributed by atoms with van der Waals surface area (Å²) in [5.41, 5.74) is 2.67. The average Bonchev–Trinajstić information content (AvgIpc) is 3.08. The fourth-order valence-corrected chi connectivity index (χ4v) is 3.28. The molecule has 0 spiro atoms. The molecule has 0 aliphatic heterocycles. The van der Waals surface area contributed by atoms with Crippen LogP contribution in [0.5, 0.6) is 0 Å². The lowest BCUT2D eigenvalue weighted by Crippen LogP contribution is -2.26. The molecule has 2 rings (SSSR count). The molecule has 0 heterocycles. The zero-order chi connectivity index (χ0) is 26.8. The minimum atomic E-state index is -0.339. The van der Waals surface area contributed by atoms with E-state index in [4.69, 9.17) is 4.74 Å². The van der Waals surface area contributed by atoms with Crippen LogP contribution in [0, 0.1) is 5.41 Å². The second-order valence-electron chi connectivity index (χ2n) is 8.37. The Kier molecular flexibility index (Phi) is 14.5. The SMILES string of the molecule is C=C/C(=C\C=C/C)C(=O)NCc1cccc(CNC(=O)C2=CC(C)(COC)C=CC=C2)c1.CCOC. The lowest BCUT2D eigenvalue weighted by Gasteiger charge is -2.21. The zero-order valence-electron chi connectivity index (χ0n) is 22.2. The monoisotopic (exact) mass is 492 g/mol. The summed E-state index contributed by atoms with van der Waals surface area (Å²) in [4.78, 5) is 25.0. The lowest BCUT2D eigenvalue weighted by molar-refractivity contribution is -0.118. The number of ether oxygens (including phenoxy) is 2. The maximum atomic E-state index is 12.7. The summed E-state index contributed by atoms with van der Waals surface area (Å²) in [7, 11) is 3.33. The number of benzene rings is 1. The molecule has 6 nitrogen and oxygen atoms in total. The van der Waals surface area contributed by atoms with Gasteiger partial charge in [0.25, 0.3) is 11.8 Å². The molecule has 0 saturated heterocycles. The van der Waals surface area contributed by atoms with Crippen molar-refractivity contribution in [1.82, 2.24) is 10.6 Å². The van der Waals surface area contributed by atoms with Crippen LogP contribution in [0.4, 0.5) is 0 Å². The molecule has 2 amide bonds. The number of allylic oxidation sites excluding steroid dienone is 5. The predicted molar refractivity (Wildman–Crippen MR) is 147 cm³/mol. The quantitative estimate of drug-likeness (QED) is 0.338. The highest BCUT2D eigenvalue weighted by Gasteiger charge is 2.21. The summed E-state index contributed by atoms with van der Waals surface area (Å²) >= 11 is 0.